The van der Waals surface area contributed by atoms with Crippen LogP contribution in [0.3, 0.4) is 0 Å². The number of aryl methyl sites for hydroxylation is 1. The molecule has 4 rings (SSSR count). The minimum atomic E-state index is -0.0674. The SMILES string of the molecule is Cc1ccc2c(c1)CC(Nc1ncc(C(=O)N3CCCCOC3)cn1)C2.[HH]. The quantitative estimate of drug-likeness (QED) is 0.918. The van der Waals surface area contributed by atoms with Gasteiger partial charge in [-0.1, -0.05) is 23.8 Å². The van der Waals surface area contributed by atoms with Crippen LogP contribution in [0, 0.1) is 6.92 Å². The number of hydrogen-bond acceptors (Lipinski definition) is 5. The second kappa shape index (κ2) is 7.41. The molecule has 1 aliphatic carbocycles. The van der Waals surface area contributed by atoms with Gasteiger partial charge in [0.25, 0.3) is 5.91 Å². The molecule has 6 nitrogen and oxygen atoms in total. The van der Waals surface area contributed by atoms with Crippen molar-refractivity contribution in [3.63, 3.8) is 0 Å². The van der Waals surface area contributed by atoms with Crippen molar-refractivity contribution >= 4 is 11.9 Å². The second-order valence-corrected chi connectivity index (χ2v) is 7.13. The van der Waals surface area contributed by atoms with Crippen LogP contribution in [0.5, 0.6) is 0 Å². The summed E-state index contributed by atoms with van der Waals surface area (Å²) in [4.78, 5) is 23.0. The summed E-state index contributed by atoms with van der Waals surface area (Å²) in [5.41, 5.74) is 4.59. The molecule has 1 aliphatic heterocycles. The van der Waals surface area contributed by atoms with Crippen molar-refractivity contribution in [3.05, 3.63) is 52.8 Å². The lowest BCUT2D eigenvalue weighted by molar-refractivity contribution is 0.0368. The lowest BCUT2D eigenvalue weighted by Gasteiger charge is -2.19. The molecule has 2 heterocycles. The fourth-order valence-corrected chi connectivity index (χ4v) is 3.63. The van der Waals surface area contributed by atoms with Gasteiger partial charge in [-0.15, -0.1) is 0 Å². The highest BCUT2D eigenvalue weighted by Crippen LogP contribution is 2.24. The monoisotopic (exact) mass is 354 g/mol. The summed E-state index contributed by atoms with van der Waals surface area (Å²) >= 11 is 0. The summed E-state index contributed by atoms with van der Waals surface area (Å²) in [5, 5.41) is 3.39. The zero-order valence-electron chi connectivity index (χ0n) is 15.1. The van der Waals surface area contributed by atoms with Crippen LogP contribution >= 0.6 is 0 Å². The standard InChI is InChI=1S/C20H24N4O2.H2/c1-14-4-5-15-9-18(10-16(15)8-14)23-20-21-11-17(12-22-20)19(25)24-6-2-3-7-26-13-24;/h4-5,8,11-12,18H,2-3,6-7,9-10,13H2,1H3,(H,21,22,23);1H. The molecule has 6 heteroatoms. The van der Waals surface area contributed by atoms with Crippen molar-refractivity contribution in [1.82, 2.24) is 14.9 Å². The number of benzene rings is 1. The molecule has 1 N–H and O–H groups in total. The Balaban J connectivity index is 0.00000210. The molecule has 1 atom stereocenters. The molecule has 2 aliphatic rings. The zero-order valence-corrected chi connectivity index (χ0v) is 15.1. The molecule has 1 fully saturated rings. The highest BCUT2D eigenvalue weighted by atomic mass is 16.5. The number of amides is 1. The van der Waals surface area contributed by atoms with Gasteiger partial charge in [-0.2, -0.15) is 0 Å². The zero-order chi connectivity index (χ0) is 17.9. The maximum Gasteiger partial charge on any atom is 0.258 e. The van der Waals surface area contributed by atoms with Crippen molar-refractivity contribution in [1.29, 1.82) is 0 Å². The van der Waals surface area contributed by atoms with E-state index in [2.05, 4.69) is 40.4 Å². The highest BCUT2D eigenvalue weighted by Gasteiger charge is 2.22. The molecule has 0 bridgehead atoms. The van der Waals surface area contributed by atoms with E-state index in [0.717, 1.165) is 32.2 Å². The molecule has 1 amide bonds. The number of nitrogens with zero attached hydrogens (tertiary/aromatic N) is 3. The van der Waals surface area contributed by atoms with Gasteiger partial charge in [0.2, 0.25) is 5.95 Å². The van der Waals surface area contributed by atoms with E-state index in [1.165, 1.54) is 16.7 Å². The van der Waals surface area contributed by atoms with Crippen LogP contribution in [-0.2, 0) is 17.6 Å². The number of nitrogens with one attached hydrogen (secondary N) is 1. The van der Waals surface area contributed by atoms with Crippen molar-refractivity contribution in [3.8, 4) is 0 Å². The number of fused-ring (bicyclic) bond motifs is 1. The number of anilines is 1. The Bertz CT molecular complexity index is 789. The summed E-state index contributed by atoms with van der Waals surface area (Å²) in [6, 6.07) is 6.92. The van der Waals surface area contributed by atoms with E-state index in [1.807, 2.05) is 0 Å². The minimum Gasteiger partial charge on any atom is -0.361 e. The average molecular weight is 354 g/mol. The number of hydrogen-bond donors (Lipinski definition) is 1. The van der Waals surface area contributed by atoms with E-state index in [9.17, 15) is 4.79 Å². The first-order valence-electron chi connectivity index (χ1n) is 9.23. The third-order valence-electron chi connectivity index (χ3n) is 5.03. The van der Waals surface area contributed by atoms with E-state index in [0.29, 0.717) is 30.9 Å². The lowest BCUT2D eigenvalue weighted by Crippen LogP contribution is -2.33. The molecule has 0 radical (unpaired) electrons. The summed E-state index contributed by atoms with van der Waals surface area (Å²) in [6.07, 6.45) is 7.13. The predicted molar refractivity (Wildman–Crippen MR) is 101 cm³/mol. The summed E-state index contributed by atoms with van der Waals surface area (Å²) in [6.45, 7) is 3.90. The van der Waals surface area contributed by atoms with Gasteiger partial charge in [-0.25, -0.2) is 9.97 Å². The van der Waals surface area contributed by atoms with Crippen LogP contribution in [0.2, 0.25) is 0 Å². The molecule has 0 saturated carbocycles. The van der Waals surface area contributed by atoms with E-state index in [-0.39, 0.29) is 7.33 Å². The number of carbonyl (C=O) groups is 1. The van der Waals surface area contributed by atoms with Crippen molar-refractivity contribution in [2.45, 2.75) is 38.6 Å². The van der Waals surface area contributed by atoms with E-state index >= 15 is 0 Å². The van der Waals surface area contributed by atoms with Crippen molar-refractivity contribution in [2.24, 2.45) is 0 Å². The van der Waals surface area contributed by atoms with E-state index < -0.39 is 0 Å². The Morgan fingerprint density at radius 1 is 1.23 bits per heavy atom. The van der Waals surface area contributed by atoms with Gasteiger partial charge in [-0.05, 0) is 43.7 Å². The van der Waals surface area contributed by atoms with Crippen LogP contribution in [0.25, 0.3) is 0 Å². The first-order chi connectivity index (χ1) is 12.7. The molecule has 1 aromatic carbocycles. The van der Waals surface area contributed by atoms with Crippen molar-refractivity contribution in [2.75, 3.05) is 25.2 Å². The van der Waals surface area contributed by atoms with E-state index in [4.69, 9.17) is 4.74 Å². The molecule has 1 aromatic heterocycles. The fourth-order valence-electron chi connectivity index (χ4n) is 3.63. The topological polar surface area (TPSA) is 67.4 Å². The third kappa shape index (κ3) is 3.70. The first-order valence-corrected chi connectivity index (χ1v) is 9.23. The van der Waals surface area contributed by atoms with Crippen LogP contribution < -0.4 is 5.32 Å². The summed E-state index contributed by atoms with van der Waals surface area (Å²) in [5.74, 6) is 0.505. The largest absolute Gasteiger partial charge is 0.361 e. The first kappa shape index (κ1) is 17.0. The Hall–Kier alpha value is -2.47. The van der Waals surface area contributed by atoms with Gasteiger partial charge in [-0.3, -0.25) is 4.79 Å². The van der Waals surface area contributed by atoms with Gasteiger partial charge in [0.05, 0.1) is 5.56 Å². The smallest absolute Gasteiger partial charge is 0.258 e. The fraction of sp³-hybridized carbons (Fsp3) is 0.450. The van der Waals surface area contributed by atoms with Crippen LogP contribution in [0.15, 0.2) is 30.6 Å². The molecule has 1 unspecified atom stereocenters. The molecule has 2 aromatic rings. The average Bonchev–Trinajstić information content (AvgIpc) is 2.85. The van der Waals surface area contributed by atoms with Crippen LogP contribution in [-0.4, -0.2) is 46.7 Å². The molecule has 1 saturated heterocycles. The summed E-state index contributed by atoms with van der Waals surface area (Å²) < 4.78 is 5.45. The Labute approximate surface area is 155 Å². The minimum absolute atomic E-state index is 0. The number of carbonyl (C=O) groups excluding carboxylic acids is 1. The lowest BCUT2D eigenvalue weighted by atomic mass is 10.1. The molecular formula is C20H26N4O2. The maximum absolute atomic E-state index is 12.5. The number of rotatable bonds is 3. The van der Waals surface area contributed by atoms with Crippen molar-refractivity contribution < 1.29 is 11.0 Å². The van der Waals surface area contributed by atoms with Gasteiger partial charge < -0.3 is 15.0 Å². The third-order valence-corrected chi connectivity index (χ3v) is 5.03. The maximum atomic E-state index is 12.5. The molecule has 26 heavy (non-hydrogen) atoms. The molecule has 0 spiro atoms. The Morgan fingerprint density at radius 3 is 2.88 bits per heavy atom. The van der Waals surface area contributed by atoms with E-state index in [1.54, 1.807) is 17.3 Å². The Kier molecular flexibility index (Phi) is 4.84. The van der Waals surface area contributed by atoms with Gasteiger partial charge in [0.1, 0.15) is 6.73 Å². The number of ether oxygens (including phenoxy) is 1. The van der Waals surface area contributed by atoms with Crippen LogP contribution in [0.1, 0.15) is 41.3 Å². The van der Waals surface area contributed by atoms with Gasteiger partial charge in [0, 0.05) is 33.0 Å². The highest BCUT2D eigenvalue weighted by molar-refractivity contribution is 5.93. The second-order valence-electron chi connectivity index (χ2n) is 7.13. The summed E-state index contributed by atoms with van der Waals surface area (Å²) in [7, 11) is 0. The Morgan fingerprint density at radius 2 is 2.04 bits per heavy atom. The van der Waals surface area contributed by atoms with Gasteiger partial charge in [0.15, 0.2) is 0 Å². The predicted octanol–water partition coefficient (Wildman–Crippen LogP) is 2.82. The number of aromatic nitrogens is 2. The molecule has 138 valence electrons. The molecular weight excluding hydrogens is 328 g/mol. The van der Waals surface area contributed by atoms with Gasteiger partial charge >= 0.3 is 0 Å². The van der Waals surface area contributed by atoms with Crippen LogP contribution in [0.4, 0.5) is 5.95 Å². The normalized spacial score (nSPS) is 19.7.